The number of aromatic nitrogens is 2. The van der Waals surface area contributed by atoms with Crippen LogP contribution in [0.3, 0.4) is 0 Å². The predicted octanol–water partition coefficient (Wildman–Crippen LogP) is 4.40. The van der Waals surface area contributed by atoms with Gasteiger partial charge in [-0.05, 0) is 32.0 Å². The fourth-order valence-corrected chi connectivity index (χ4v) is 3.63. The number of anilines is 2. The Bertz CT molecular complexity index is 663. The van der Waals surface area contributed by atoms with Crippen molar-refractivity contribution in [2.75, 3.05) is 16.4 Å². The molecule has 0 bridgehead atoms. The number of hydrogen-bond donors (Lipinski definition) is 2. The van der Waals surface area contributed by atoms with Gasteiger partial charge in [-0.25, -0.2) is 0 Å². The molecule has 1 aromatic carbocycles. The van der Waals surface area contributed by atoms with E-state index in [0.717, 1.165) is 9.47 Å². The van der Waals surface area contributed by atoms with Crippen molar-refractivity contribution in [1.29, 1.82) is 0 Å². The largest absolute Gasteiger partial charge is 0.358 e. The minimum Gasteiger partial charge on any atom is -0.358 e. The lowest BCUT2D eigenvalue weighted by Crippen LogP contribution is -2.14. The number of benzene rings is 1. The van der Waals surface area contributed by atoms with Gasteiger partial charge in [-0.15, -0.1) is 10.2 Å². The highest BCUT2D eigenvalue weighted by Gasteiger charge is 2.10. The molecule has 9 heteroatoms. The van der Waals surface area contributed by atoms with Gasteiger partial charge in [0.2, 0.25) is 11.0 Å². The zero-order chi connectivity index (χ0) is 16.1. The summed E-state index contributed by atoms with van der Waals surface area (Å²) in [5, 5.41) is 15.6. The Kier molecular flexibility index (Phi) is 6.31. The monoisotopic (exact) mass is 376 g/mol. The average Bonchev–Trinajstić information content (AvgIpc) is 2.86. The number of rotatable bonds is 6. The first-order valence-electron chi connectivity index (χ1n) is 6.42. The van der Waals surface area contributed by atoms with Crippen LogP contribution in [0, 0.1) is 0 Å². The zero-order valence-corrected chi connectivity index (χ0v) is 15.0. The molecule has 0 fully saturated rings. The minimum absolute atomic E-state index is 0.164. The molecular weight excluding hydrogens is 363 g/mol. The molecule has 0 saturated carbocycles. The summed E-state index contributed by atoms with van der Waals surface area (Å²) in [6.45, 7) is 4.05. The quantitative estimate of drug-likeness (QED) is 0.731. The molecular formula is C13H14Cl2N4OS2. The normalized spacial score (nSPS) is 10.8. The third-order valence-corrected chi connectivity index (χ3v) is 4.89. The Labute approximate surface area is 146 Å². The van der Waals surface area contributed by atoms with Crippen molar-refractivity contribution in [2.24, 2.45) is 0 Å². The molecule has 0 unspecified atom stereocenters. The molecule has 2 aromatic rings. The molecule has 0 atom stereocenters. The molecule has 0 saturated heterocycles. The van der Waals surface area contributed by atoms with Gasteiger partial charge in [-0.3, -0.25) is 4.79 Å². The van der Waals surface area contributed by atoms with Crippen LogP contribution >= 0.6 is 46.3 Å². The van der Waals surface area contributed by atoms with E-state index in [4.69, 9.17) is 23.2 Å². The molecule has 1 aromatic heterocycles. The van der Waals surface area contributed by atoms with Crippen LogP contribution in [0.15, 0.2) is 22.5 Å². The van der Waals surface area contributed by atoms with Crippen molar-refractivity contribution in [3.63, 3.8) is 0 Å². The second kappa shape index (κ2) is 8.01. The molecule has 0 radical (unpaired) electrons. The Hall–Kier alpha value is -1.02. The Morgan fingerprint density at radius 1 is 1.36 bits per heavy atom. The summed E-state index contributed by atoms with van der Waals surface area (Å²) in [4.78, 5) is 11.9. The van der Waals surface area contributed by atoms with Crippen molar-refractivity contribution in [3.05, 3.63) is 28.2 Å². The maximum atomic E-state index is 11.9. The molecule has 0 aliphatic rings. The molecule has 22 heavy (non-hydrogen) atoms. The summed E-state index contributed by atoms with van der Waals surface area (Å²) in [5.74, 6) is 0.0673. The molecule has 0 aliphatic heterocycles. The van der Waals surface area contributed by atoms with Crippen LogP contribution in [0.5, 0.6) is 0 Å². The highest BCUT2D eigenvalue weighted by Crippen LogP contribution is 2.28. The van der Waals surface area contributed by atoms with Crippen LogP contribution in [0.4, 0.5) is 10.8 Å². The van der Waals surface area contributed by atoms with Gasteiger partial charge in [0.1, 0.15) is 0 Å². The van der Waals surface area contributed by atoms with Gasteiger partial charge in [0.25, 0.3) is 0 Å². The van der Waals surface area contributed by atoms with E-state index in [-0.39, 0.29) is 11.7 Å². The van der Waals surface area contributed by atoms with Gasteiger partial charge in [0.05, 0.1) is 16.5 Å². The van der Waals surface area contributed by atoms with E-state index < -0.39 is 0 Å². The second-order valence-electron chi connectivity index (χ2n) is 4.63. The Morgan fingerprint density at radius 2 is 2.14 bits per heavy atom. The summed E-state index contributed by atoms with van der Waals surface area (Å²) in [6, 6.07) is 5.22. The third-order valence-electron chi connectivity index (χ3n) is 2.35. The van der Waals surface area contributed by atoms with Crippen LogP contribution < -0.4 is 10.6 Å². The summed E-state index contributed by atoms with van der Waals surface area (Å²) >= 11 is 14.6. The van der Waals surface area contributed by atoms with E-state index in [0.29, 0.717) is 21.8 Å². The number of hydrogen-bond acceptors (Lipinski definition) is 6. The summed E-state index contributed by atoms with van der Waals surface area (Å²) in [7, 11) is 0. The average molecular weight is 377 g/mol. The standard InChI is InChI=1S/C13H14Cl2N4OS2/c1-7(2)16-12-18-19-13(22-12)21-6-11(20)17-10-4-3-8(14)5-9(10)15/h3-5,7H,6H2,1-2H3,(H,16,18)(H,17,20). The Morgan fingerprint density at radius 3 is 2.82 bits per heavy atom. The minimum atomic E-state index is -0.164. The first-order valence-corrected chi connectivity index (χ1v) is 8.97. The fourth-order valence-electron chi connectivity index (χ4n) is 1.48. The number of carbonyl (C=O) groups is 1. The Balaban J connectivity index is 1.86. The van der Waals surface area contributed by atoms with Crippen molar-refractivity contribution in [2.45, 2.75) is 24.2 Å². The first-order chi connectivity index (χ1) is 10.4. The van der Waals surface area contributed by atoms with E-state index >= 15 is 0 Å². The fraction of sp³-hybridized carbons (Fsp3) is 0.308. The van der Waals surface area contributed by atoms with E-state index in [9.17, 15) is 4.79 Å². The number of amides is 1. The number of nitrogens with zero attached hydrogens (tertiary/aromatic N) is 2. The molecule has 1 amide bonds. The molecule has 1 heterocycles. The maximum absolute atomic E-state index is 11.9. The van der Waals surface area contributed by atoms with Gasteiger partial charge in [0.15, 0.2) is 4.34 Å². The van der Waals surface area contributed by atoms with Gasteiger partial charge in [0, 0.05) is 11.1 Å². The molecule has 0 aliphatic carbocycles. The lowest BCUT2D eigenvalue weighted by molar-refractivity contribution is -0.113. The van der Waals surface area contributed by atoms with Gasteiger partial charge >= 0.3 is 0 Å². The van der Waals surface area contributed by atoms with E-state index in [1.807, 2.05) is 13.8 Å². The van der Waals surface area contributed by atoms with Crippen molar-refractivity contribution in [1.82, 2.24) is 10.2 Å². The summed E-state index contributed by atoms with van der Waals surface area (Å²) in [6.07, 6.45) is 0. The maximum Gasteiger partial charge on any atom is 0.234 e. The van der Waals surface area contributed by atoms with Crippen LogP contribution in [0.1, 0.15) is 13.8 Å². The SMILES string of the molecule is CC(C)Nc1nnc(SCC(=O)Nc2ccc(Cl)cc2Cl)s1. The van der Waals surface area contributed by atoms with Gasteiger partial charge < -0.3 is 10.6 Å². The second-order valence-corrected chi connectivity index (χ2v) is 7.68. The van der Waals surface area contributed by atoms with E-state index in [1.165, 1.54) is 23.1 Å². The van der Waals surface area contributed by atoms with Crippen molar-refractivity contribution < 1.29 is 4.79 Å². The number of halogens is 2. The first kappa shape index (κ1) is 17.3. The van der Waals surface area contributed by atoms with Gasteiger partial charge in [-0.2, -0.15) is 0 Å². The number of nitrogens with one attached hydrogen (secondary N) is 2. The predicted molar refractivity (Wildman–Crippen MR) is 94.5 cm³/mol. The summed E-state index contributed by atoms with van der Waals surface area (Å²) < 4.78 is 0.737. The lowest BCUT2D eigenvalue weighted by atomic mass is 10.3. The van der Waals surface area contributed by atoms with Crippen LogP contribution in [0.2, 0.25) is 10.0 Å². The summed E-state index contributed by atoms with van der Waals surface area (Å²) in [5.41, 5.74) is 0.538. The lowest BCUT2D eigenvalue weighted by Gasteiger charge is -2.06. The topological polar surface area (TPSA) is 66.9 Å². The number of carbonyl (C=O) groups excluding carboxylic acids is 1. The molecule has 0 spiro atoms. The van der Waals surface area contributed by atoms with E-state index in [1.54, 1.807) is 18.2 Å². The van der Waals surface area contributed by atoms with E-state index in [2.05, 4.69) is 20.8 Å². The molecule has 5 nitrogen and oxygen atoms in total. The molecule has 2 N–H and O–H groups in total. The highest BCUT2D eigenvalue weighted by atomic mass is 35.5. The third kappa shape index (κ3) is 5.31. The number of thioether (sulfide) groups is 1. The molecule has 2 rings (SSSR count). The highest BCUT2D eigenvalue weighted by molar-refractivity contribution is 8.01. The smallest absolute Gasteiger partial charge is 0.234 e. The van der Waals surface area contributed by atoms with Gasteiger partial charge in [-0.1, -0.05) is 46.3 Å². The van der Waals surface area contributed by atoms with Crippen LogP contribution in [-0.2, 0) is 4.79 Å². The molecule has 118 valence electrons. The van der Waals surface area contributed by atoms with Crippen molar-refractivity contribution in [3.8, 4) is 0 Å². The van der Waals surface area contributed by atoms with Crippen LogP contribution in [-0.4, -0.2) is 27.9 Å². The zero-order valence-electron chi connectivity index (χ0n) is 11.9. The van der Waals surface area contributed by atoms with Crippen molar-refractivity contribution >= 4 is 63.0 Å². The van der Waals surface area contributed by atoms with Crippen LogP contribution in [0.25, 0.3) is 0 Å².